The van der Waals surface area contributed by atoms with E-state index in [2.05, 4.69) is 11.2 Å². The van der Waals surface area contributed by atoms with Crippen molar-refractivity contribution in [3.63, 3.8) is 0 Å². The molecule has 0 saturated carbocycles. The van der Waals surface area contributed by atoms with Gasteiger partial charge in [-0.3, -0.25) is 4.68 Å². The standard InChI is InChI=1S/C13H17N3O.ClH/c1-9(14)10-4-5-13(17-3)12(6-10)11-7-15-16(2)8-11;/h4-9H,14H2,1-3H3;1H/t9-;/m1./s1. The number of halogens is 1. The lowest BCUT2D eigenvalue weighted by atomic mass is 10.0. The van der Waals surface area contributed by atoms with E-state index in [-0.39, 0.29) is 18.4 Å². The van der Waals surface area contributed by atoms with Crippen LogP contribution in [-0.2, 0) is 7.05 Å². The summed E-state index contributed by atoms with van der Waals surface area (Å²) in [6.45, 7) is 1.97. The normalized spacial score (nSPS) is 11.8. The fourth-order valence-corrected chi connectivity index (χ4v) is 1.79. The summed E-state index contributed by atoms with van der Waals surface area (Å²) in [6.07, 6.45) is 3.78. The highest BCUT2D eigenvalue weighted by molar-refractivity contribution is 5.85. The number of hydrogen-bond donors (Lipinski definition) is 1. The van der Waals surface area contributed by atoms with Crippen LogP contribution in [0.2, 0.25) is 0 Å². The average molecular weight is 268 g/mol. The van der Waals surface area contributed by atoms with Crippen molar-refractivity contribution in [2.45, 2.75) is 13.0 Å². The molecular weight excluding hydrogens is 250 g/mol. The number of ether oxygens (including phenoxy) is 1. The molecule has 0 saturated heterocycles. The van der Waals surface area contributed by atoms with Crippen LogP contribution in [0.5, 0.6) is 5.75 Å². The Morgan fingerprint density at radius 1 is 1.39 bits per heavy atom. The van der Waals surface area contributed by atoms with Crippen molar-refractivity contribution in [1.29, 1.82) is 0 Å². The highest BCUT2D eigenvalue weighted by atomic mass is 35.5. The lowest BCUT2D eigenvalue weighted by molar-refractivity contribution is 0.416. The molecule has 2 aromatic rings. The van der Waals surface area contributed by atoms with E-state index in [0.29, 0.717) is 0 Å². The first-order valence-corrected chi connectivity index (χ1v) is 5.54. The fourth-order valence-electron chi connectivity index (χ4n) is 1.79. The van der Waals surface area contributed by atoms with Gasteiger partial charge in [0.25, 0.3) is 0 Å². The summed E-state index contributed by atoms with van der Waals surface area (Å²) in [5.74, 6) is 0.836. The van der Waals surface area contributed by atoms with Crippen molar-refractivity contribution in [3.05, 3.63) is 36.2 Å². The maximum Gasteiger partial charge on any atom is 0.126 e. The molecule has 4 nitrogen and oxygen atoms in total. The molecule has 2 rings (SSSR count). The van der Waals surface area contributed by atoms with Gasteiger partial charge in [0, 0.05) is 30.4 Å². The molecule has 0 bridgehead atoms. The summed E-state index contributed by atoms with van der Waals surface area (Å²) in [7, 11) is 3.56. The molecule has 0 radical (unpaired) electrons. The Hall–Kier alpha value is -1.52. The second kappa shape index (κ2) is 5.89. The third kappa shape index (κ3) is 2.83. The number of rotatable bonds is 3. The number of aryl methyl sites for hydroxylation is 1. The summed E-state index contributed by atoms with van der Waals surface area (Å²) < 4.78 is 7.14. The van der Waals surface area contributed by atoms with Crippen LogP contribution in [0, 0.1) is 0 Å². The second-order valence-electron chi connectivity index (χ2n) is 4.15. The molecule has 0 amide bonds. The van der Waals surface area contributed by atoms with Crippen LogP contribution in [0.15, 0.2) is 30.6 Å². The van der Waals surface area contributed by atoms with Gasteiger partial charge < -0.3 is 10.5 Å². The third-order valence-electron chi connectivity index (χ3n) is 2.77. The molecule has 0 unspecified atom stereocenters. The molecule has 0 aliphatic heterocycles. The summed E-state index contributed by atoms with van der Waals surface area (Å²) in [6, 6.07) is 6.00. The Bertz CT molecular complexity index is 523. The van der Waals surface area contributed by atoms with Gasteiger partial charge >= 0.3 is 0 Å². The van der Waals surface area contributed by atoms with E-state index in [1.165, 1.54) is 0 Å². The van der Waals surface area contributed by atoms with Gasteiger partial charge in [-0.1, -0.05) is 6.07 Å². The van der Waals surface area contributed by atoms with Crippen LogP contribution in [-0.4, -0.2) is 16.9 Å². The minimum atomic E-state index is 0. The smallest absolute Gasteiger partial charge is 0.126 e. The number of methoxy groups -OCH3 is 1. The molecular formula is C13H18ClN3O. The summed E-state index contributed by atoms with van der Waals surface area (Å²) in [4.78, 5) is 0. The molecule has 2 N–H and O–H groups in total. The molecule has 1 heterocycles. The third-order valence-corrected chi connectivity index (χ3v) is 2.77. The maximum absolute atomic E-state index is 5.90. The van der Waals surface area contributed by atoms with Crippen LogP contribution >= 0.6 is 12.4 Å². The summed E-state index contributed by atoms with van der Waals surface area (Å²) in [5.41, 5.74) is 9.04. The summed E-state index contributed by atoms with van der Waals surface area (Å²) >= 11 is 0. The first-order valence-electron chi connectivity index (χ1n) is 5.54. The Morgan fingerprint density at radius 3 is 2.61 bits per heavy atom. The minimum Gasteiger partial charge on any atom is -0.496 e. The Morgan fingerprint density at radius 2 is 2.11 bits per heavy atom. The van der Waals surface area contributed by atoms with Crippen LogP contribution < -0.4 is 10.5 Å². The minimum absolute atomic E-state index is 0. The fraction of sp³-hybridized carbons (Fsp3) is 0.308. The molecule has 0 spiro atoms. The van der Waals surface area contributed by atoms with E-state index in [0.717, 1.165) is 22.4 Å². The zero-order valence-electron chi connectivity index (χ0n) is 10.8. The largest absolute Gasteiger partial charge is 0.496 e. The maximum atomic E-state index is 5.90. The Labute approximate surface area is 113 Å². The molecule has 98 valence electrons. The zero-order chi connectivity index (χ0) is 12.4. The van der Waals surface area contributed by atoms with Gasteiger partial charge in [-0.2, -0.15) is 5.10 Å². The number of nitrogens with two attached hydrogens (primary N) is 1. The Kier molecular flexibility index (Phi) is 4.76. The Balaban J connectivity index is 0.00000162. The van der Waals surface area contributed by atoms with Crippen molar-refractivity contribution >= 4 is 12.4 Å². The molecule has 18 heavy (non-hydrogen) atoms. The number of aromatic nitrogens is 2. The van der Waals surface area contributed by atoms with E-state index >= 15 is 0 Å². The molecule has 0 aliphatic carbocycles. The SMILES string of the molecule is COc1ccc([C@@H](C)N)cc1-c1cnn(C)c1.Cl. The predicted molar refractivity (Wildman–Crippen MR) is 75.0 cm³/mol. The van der Waals surface area contributed by atoms with Gasteiger partial charge in [0.05, 0.1) is 13.3 Å². The highest BCUT2D eigenvalue weighted by Gasteiger charge is 2.10. The van der Waals surface area contributed by atoms with Gasteiger partial charge in [-0.15, -0.1) is 12.4 Å². The number of nitrogens with zero attached hydrogens (tertiary/aromatic N) is 2. The van der Waals surface area contributed by atoms with Crippen LogP contribution in [0.1, 0.15) is 18.5 Å². The molecule has 1 atom stereocenters. The lowest BCUT2D eigenvalue weighted by Crippen LogP contribution is -2.05. The van der Waals surface area contributed by atoms with Gasteiger partial charge in [0.15, 0.2) is 0 Å². The predicted octanol–water partition coefficient (Wildman–Crippen LogP) is 2.54. The van der Waals surface area contributed by atoms with E-state index in [1.54, 1.807) is 11.8 Å². The molecule has 5 heteroatoms. The van der Waals surface area contributed by atoms with Crippen LogP contribution in [0.4, 0.5) is 0 Å². The number of benzene rings is 1. The summed E-state index contributed by atoms with van der Waals surface area (Å²) in [5, 5.41) is 4.17. The van der Waals surface area contributed by atoms with Crippen molar-refractivity contribution < 1.29 is 4.74 Å². The molecule has 0 aliphatic rings. The van der Waals surface area contributed by atoms with E-state index in [4.69, 9.17) is 10.5 Å². The van der Waals surface area contributed by atoms with Gasteiger partial charge in [0.1, 0.15) is 5.75 Å². The topological polar surface area (TPSA) is 53.1 Å². The number of hydrogen-bond acceptors (Lipinski definition) is 3. The quantitative estimate of drug-likeness (QED) is 0.930. The van der Waals surface area contributed by atoms with Crippen LogP contribution in [0.25, 0.3) is 11.1 Å². The van der Waals surface area contributed by atoms with Crippen molar-refractivity contribution in [1.82, 2.24) is 9.78 Å². The van der Waals surface area contributed by atoms with E-state index < -0.39 is 0 Å². The van der Waals surface area contributed by atoms with Crippen molar-refractivity contribution in [2.75, 3.05) is 7.11 Å². The molecule has 1 aromatic carbocycles. The highest BCUT2D eigenvalue weighted by Crippen LogP contribution is 2.31. The lowest BCUT2D eigenvalue weighted by Gasteiger charge is -2.11. The average Bonchev–Trinajstić information content (AvgIpc) is 2.74. The van der Waals surface area contributed by atoms with Gasteiger partial charge in [-0.05, 0) is 24.6 Å². The molecule has 1 aromatic heterocycles. The van der Waals surface area contributed by atoms with Crippen LogP contribution in [0.3, 0.4) is 0 Å². The van der Waals surface area contributed by atoms with E-state index in [1.807, 2.05) is 38.5 Å². The zero-order valence-corrected chi connectivity index (χ0v) is 11.6. The second-order valence-corrected chi connectivity index (χ2v) is 4.15. The van der Waals surface area contributed by atoms with E-state index in [9.17, 15) is 0 Å². The molecule has 0 fully saturated rings. The first kappa shape index (κ1) is 14.5. The van der Waals surface area contributed by atoms with Gasteiger partial charge in [0.2, 0.25) is 0 Å². The van der Waals surface area contributed by atoms with Crippen molar-refractivity contribution in [2.24, 2.45) is 12.8 Å². The monoisotopic (exact) mass is 267 g/mol. The van der Waals surface area contributed by atoms with Crippen molar-refractivity contribution in [3.8, 4) is 16.9 Å². The first-order chi connectivity index (χ1) is 8.11. The van der Waals surface area contributed by atoms with Gasteiger partial charge in [-0.25, -0.2) is 0 Å².